The van der Waals surface area contributed by atoms with Gasteiger partial charge in [-0.15, -0.1) is 10.2 Å². The summed E-state index contributed by atoms with van der Waals surface area (Å²) in [5, 5.41) is 8.22. The van der Waals surface area contributed by atoms with Crippen LogP contribution in [0.4, 0.5) is 0 Å². The van der Waals surface area contributed by atoms with E-state index in [0.29, 0.717) is 23.6 Å². The Morgan fingerprint density at radius 3 is 2.74 bits per heavy atom. The Morgan fingerprint density at radius 1 is 1.04 bits per heavy atom. The van der Waals surface area contributed by atoms with Gasteiger partial charge in [-0.3, -0.25) is 9.20 Å². The van der Waals surface area contributed by atoms with Gasteiger partial charge in [0, 0.05) is 12.6 Å². The molecule has 0 aliphatic heterocycles. The van der Waals surface area contributed by atoms with E-state index in [4.69, 9.17) is 4.42 Å². The molecular weight excluding hydrogens is 290 g/mol. The second kappa shape index (κ2) is 5.53. The lowest BCUT2D eigenvalue weighted by Crippen LogP contribution is -2.01. The lowest BCUT2D eigenvalue weighted by Gasteiger charge is -1.97. The van der Waals surface area contributed by atoms with E-state index in [1.165, 1.54) is 6.26 Å². The number of aromatic nitrogens is 3. The third kappa shape index (κ3) is 2.53. The first-order valence-corrected chi connectivity index (χ1v) is 7.27. The molecule has 0 radical (unpaired) electrons. The molecule has 5 nitrogen and oxygen atoms in total. The SMILES string of the molecule is O=C(Cc1ccccc1)c1coc(-c2nnc3ccccn23)c1. The van der Waals surface area contributed by atoms with E-state index in [1.54, 1.807) is 6.07 Å². The molecule has 0 spiro atoms. The zero-order chi connectivity index (χ0) is 15.6. The molecule has 4 aromatic rings. The number of hydrogen-bond donors (Lipinski definition) is 0. The van der Waals surface area contributed by atoms with Crippen molar-refractivity contribution < 1.29 is 9.21 Å². The predicted molar refractivity (Wildman–Crippen MR) is 85.2 cm³/mol. The van der Waals surface area contributed by atoms with Gasteiger partial charge in [0.1, 0.15) is 6.26 Å². The summed E-state index contributed by atoms with van der Waals surface area (Å²) < 4.78 is 7.36. The fraction of sp³-hybridized carbons (Fsp3) is 0.0556. The number of hydrogen-bond acceptors (Lipinski definition) is 4. The van der Waals surface area contributed by atoms with Crippen molar-refractivity contribution in [2.24, 2.45) is 0 Å². The van der Waals surface area contributed by atoms with Crippen molar-refractivity contribution in [1.29, 1.82) is 0 Å². The lowest BCUT2D eigenvalue weighted by molar-refractivity contribution is 0.0992. The molecule has 0 bridgehead atoms. The first kappa shape index (κ1) is 13.5. The van der Waals surface area contributed by atoms with E-state index in [2.05, 4.69) is 10.2 Å². The van der Waals surface area contributed by atoms with Crippen LogP contribution in [0.3, 0.4) is 0 Å². The van der Waals surface area contributed by atoms with Gasteiger partial charge in [-0.1, -0.05) is 36.4 Å². The van der Waals surface area contributed by atoms with Crippen LogP contribution in [0.15, 0.2) is 71.5 Å². The van der Waals surface area contributed by atoms with Crippen molar-refractivity contribution in [3.8, 4) is 11.6 Å². The third-order valence-corrected chi connectivity index (χ3v) is 3.66. The fourth-order valence-corrected chi connectivity index (χ4v) is 2.49. The van der Waals surface area contributed by atoms with E-state index < -0.39 is 0 Å². The summed E-state index contributed by atoms with van der Waals surface area (Å²) in [5.74, 6) is 1.12. The average molecular weight is 303 g/mol. The van der Waals surface area contributed by atoms with Crippen molar-refractivity contribution in [2.45, 2.75) is 6.42 Å². The minimum atomic E-state index is 0.0139. The van der Waals surface area contributed by atoms with Gasteiger partial charge in [-0.25, -0.2) is 0 Å². The highest BCUT2D eigenvalue weighted by Gasteiger charge is 2.15. The van der Waals surface area contributed by atoms with Crippen molar-refractivity contribution in [1.82, 2.24) is 14.6 Å². The average Bonchev–Trinajstić information content (AvgIpc) is 3.22. The first-order chi connectivity index (χ1) is 11.3. The van der Waals surface area contributed by atoms with Crippen LogP contribution in [-0.4, -0.2) is 20.4 Å². The van der Waals surface area contributed by atoms with Gasteiger partial charge < -0.3 is 4.42 Å². The summed E-state index contributed by atoms with van der Waals surface area (Å²) in [6, 6.07) is 17.0. The van der Waals surface area contributed by atoms with Crippen LogP contribution >= 0.6 is 0 Å². The minimum Gasteiger partial charge on any atom is -0.460 e. The Hall–Kier alpha value is -3.21. The second-order valence-electron chi connectivity index (χ2n) is 5.24. The van der Waals surface area contributed by atoms with Crippen LogP contribution in [0.2, 0.25) is 0 Å². The molecule has 0 atom stereocenters. The van der Waals surface area contributed by atoms with Crippen molar-refractivity contribution in [3.63, 3.8) is 0 Å². The molecule has 0 fully saturated rings. The maximum Gasteiger partial charge on any atom is 0.204 e. The van der Waals surface area contributed by atoms with Crippen LogP contribution in [0, 0.1) is 0 Å². The number of fused-ring (bicyclic) bond motifs is 1. The van der Waals surface area contributed by atoms with Crippen LogP contribution in [0.25, 0.3) is 17.2 Å². The molecule has 23 heavy (non-hydrogen) atoms. The molecule has 0 saturated carbocycles. The monoisotopic (exact) mass is 303 g/mol. The van der Waals surface area contributed by atoms with E-state index in [0.717, 1.165) is 11.2 Å². The third-order valence-electron chi connectivity index (χ3n) is 3.66. The molecule has 1 aromatic carbocycles. The standard InChI is InChI=1S/C18H13N3O2/c22-15(10-13-6-2-1-3-7-13)14-11-16(23-12-14)18-20-19-17-8-4-5-9-21(17)18/h1-9,11-12H,10H2. The molecule has 0 unspecified atom stereocenters. The number of furan rings is 1. The summed E-state index contributed by atoms with van der Waals surface area (Å²) in [7, 11) is 0. The summed E-state index contributed by atoms with van der Waals surface area (Å²) in [4.78, 5) is 12.4. The Bertz CT molecular complexity index is 970. The zero-order valence-corrected chi connectivity index (χ0v) is 12.2. The largest absolute Gasteiger partial charge is 0.460 e. The van der Waals surface area contributed by atoms with E-state index in [-0.39, 0.29) is 5.78 Å². The number of ketones is 1. The maximum atomic E-state index is 12.4. The Kier molecular flexibility index (Phi) is 3.24. The van der Waals surface area contributed by atoms with Gasteiger partial charge in [-0.05, 0) is 23.8 Å². The Balaban J connectivity index is 1.63. The lowest BCUT2D eigenvalue weighted by atomic mass is 10.1. The molecule has 0 aliphatic carbocycles. The predicted octanol–water partition coefficient (Wildman–Crippen LogP) is 3.41. The fourth-order valence-electron chi connectivity index (χ4n) is 2.49. The molecule has 3 aromatic heterocycles. The molecule has 0 saturated heterocycles. The molecule has 4 rings (SSSR count). The van der Waals surface area contributed by atoms with Gasteiger partial charge in [0.25, 0.3) is 0 Å². The number of nitrogens with zero attached hydrogens (tertiary/aromatic N) is 3. The highest BCUT2D eigenvalue weighted by atomic mass is 16.3. The van der Waals surface area contributed by atoms with Gasteiger partial charge in [0.05, 0.1) is 5.56 Å². The minimum absolute atomic E-state index is 0.0139. The van der Waals surface area contributed by atoms with E-state index >= 15 is 0 Å². The highest BCUT2D eigenvalue weighted by Crippen LogP contribution is 2.22. The van der Waals surface area contributed by atoms with Crippen LogP contribution < -0.4 is 0 Å². The summed E-state index contributed by atoms with van der Waals surface area (Å²) in [6.45, 7) is 0. The van der Waals surface area contributed by atoms with Gasteiger partial charge >= 0.3 is 0 Å². The number of carbonyl (C=O) groups is 1. The van der Waals surface area contributed by atoms with Crippen LogP contribution in [0.1, 0.15) is 15.9 Å². The van der Waals surface area contributed by atoms with Crippen molar-refractivity contribution in [2.75, 3.05) is 0 Å². The van der Waals surface area contributed by atoms with Crippen LogP contribution in [-0.2, 0) is 6.42 Å². The van der Waals surface area contributed by atoms with Crippen molar-refractivity contribution in [3.05, 3.63) is 78.2 Å². The molecule has 5 heteroatoms. The van der Waals surface area contributed by atoms with Gasteiger partial charge in [0.15, 0.2) is 17.2 Å². The van der Waals surface area contributed by atoms with Crippen LogP contribution in [0.5, 0.6) is 0 Å². The number of pyridine rings is 1. The number of carbonyl (C=O) groups excluding carboxylic acids is 1. The topological polar surface area (TPSA) is 60.4 Å². The number of benzene rings is 1. The second-order valence-corrected chi connectivity index (χ2v) is 5.24. The molecule has 112 valence electrons. The van der Waals surface area contributed by atoms with Gasteiger partial charge in [-0.2, -0.15) is 0 Å². The van der Waals surface area contributed by atoms with E-state index in [1.807, 2.05) is 59.1 Å². The zero-order valence-electron chi connectivity index (χ0n) is 12.2. The molecule has 0 amide bonds. The molecule has 0 aliphatic rings. The van der Waals surface area contributed by atoms with Crippen molar-refractivity contribution >= 4 is 11.4 Å². The summed E-state index contributed by atoms with van der Waals surface area (Å²) >= 11 is 0. The molecule has 0 N–H and O–H groups in total. The quantitative estimate of drug-likeness (QED) is 0.542. The summed E-state index contributed by atoms with van der Waals surface area (Å²) in [5.41, 5.74) is 2.25. The Labute approximate surface area is 132 Å². The smallest absolute Gasteiger partial charge is 0.204 e. The molecule has 3 heterocycles. The summed E-state index contributed by atoms with van der Waals surface area (Å²) in [6.07, 6.45) is 3.68. The van der Waals surface area contributed by atoms with Gasteiger partial charge in [0.2, 0.25) is 5.82 Å². The number of Topliss-reactive ketones (excluding diaryl/α,β-unsaturated/α-hetero) is 1. The molecular formula is C18H13N3O2. The highest BCUT2D eigenvalue weighted by molar-refractivity contribution is 5.98. The normalized spacial score (nSPS) is 11.0. The first-order valence-electron chi connectivity index (χ1n) is 7.27. The Morgan fingerprint density at radius 2 is 1.87 bits per heavy atom. The number of rotatable bonds is 4. The maximum absolute atomic E-state index is 12.4. The van der Waals surface area contributed by atoms with E-state index in [9.17, 15) is 4.79 Å².